The quantitative estimate of drug-likeness (QED) is 0.224. The number of imidazole rings is 1. The first-order chi connectivity index (χ1) is 24.9. The Balaban J connectivity index is 1.48. The molecule has 5 amide bonds. The Morgan fingerprint density at radius 3 is 2.21 bits per heavy atom. The summed E-state index contributed by atoms with van der Waals surface area (Å²) >= 11 is 0. The first kappa shape index (κ1) is 40.8. The van der Waals surface area contributed by atoms with Gasteiger partial charge in [0.05, 0.1) is 13.4 Å². The van der Waals surface area contributed by atoms with Crippen LogP contribution in [0.3, 0.4) is 0 Å². The average Bonchev–Trinajstić information content (AvgIpc) is 3.76. The molecular formula is C38H55N7O8. The molecule has 0 spiro atoms. The first-order valence-corrected chi connectivity index (χ1v) is 18.3. The number of hydrogen-bond acceptors (Lipinski definition) is 9. The summed E-state index contributed by atoms with van der Waals surface area (Å²) in [4.78, 5) is 87.0. The van der Waals surface area contributed by atoms with E-state index in [9.17, 15) is 28.8 Å². The lowest BCUT2D eigenvalue weighted by molar-refractivity contribution is -0.147. The van der Waals surface area contributed by atoms with Crippen LogP contribution in [0, 0.1) is 0 Å². The number of carbonyl (C=O) groups is 6. The number of methoxy groups -OCH3 is 1. The van der Waals surface area contributed by atoms with Crippen molar-refractivity contribution in [1.82, 2.24) is 35.7 Å². The van der Waals surface area contributed by atoms with Gasteiger partial charge in [-0.25, -0.2) is 14.6 Å². The Labute approximate surface area is 311 Å². The summed E-state index contributed by atoms with van der Waals surface area (Å²) in [6.45, 7) is 8.51. The number of aromatic nitrogens is 2. The SMILES string of the molecule is COC(=O)[C@H](Cc1ccccc1)NC(=O)C1(NC(=O)C(C)(C)NC(=O)[C@H]2CCCN2C(=O)[C@H](Cc2cncn2C)NC(=O)OC(C)(C)C)CCCCC1. The van der Waals surface area contributed by atoms with Crippen molar-refractivity contribution in [1.29, 1.82) is 0 Å². The van der Waals surface area contributed by atoms with Gasteiger partial charge in [-0.3, -0.25) is 19.2 Å². The van der Waals surface area contributed by atoms with E-state index < -0.39 is 70.5 Å². The maximum absolute atomic E-state index is 14.0. The summed E-state index contributed by atoms with van der Waals surface area (Å²) in [5, 5.41) is 11.3. The molecule has 0 bridgehead atoms. The van der Waals surface area contributed by atoms with E-state index in [0.29, 0.717) is 44.2 Å². The Morgan fingerprint density at radius 1 is 0.925 bits per heavy atom. The summed E-state index contributed by atoms with van der Waals surface area (Å²) in [6, 6.07) is 6.30. The third kappa shape index (κ3) is 10.8. The molecule has 1 aliphatic heterocycles. The Morgan fingerprint density at radius 2 is 1.60 bits per heavy atom. The van der Waals surface area contributed by atoms with Gasteiger partial charge in [-0.15, -0.1) is 0 Å². The zero-order chi connectivity index (χ0) is 39.0. The topological polar surface area (TPSA) is 190 Å². The van der Waals surface area contributed by atoms with E-state index in [1.807, 2.05) is 30.3 Å². The zero-order valence-electron chi connectivity index (χ0n) is 32.0. The van der Waals surface area contributed by atoms with E-state index in [1.165, 1.54) is 25.9 Å². The van der Waals surface area contributed by atoms with Crippen LogP contribution in [0.25, 0.3) is 0 Å². The number of esters is 1. The molecule has 2 aromatic rings. The van der Waals surface area contributed by atoms with Crippen molar-refractivity contribution in [2.24, 2.45) is 7.05 Å². The van der Waals surface area contributed by atoms with E-state index in [1.54, 1.807) is 44.9 Å². The van der Waals surface area contributed by atoms with Gasteiger partial charge in [-0.05, 0) is 65.9 Å². The predicted molar refractivity (Wildman–Crippen MR) is 195 cm³/mol. The van der Waals surface area contributed by atoms with Gasteiger partial charge in [0.2, 0.25) is 23.6 Å². The lowest BCUT2D eigenvalue weighted by atomic mass is 9.80. The van der Waals surface area contributed by atoms with Crippen molar-refractivity contribution >= 4 is 35.7 Å². The molecule has 15 heteroatoms. The highest BCUT2D eigenvalue weighted by atomic mass is 16.6. The van der Waals surface area contributed by atoms with Gasteiger partial charge in [0, 0.05) is 38.3 Å². The number of nitrogens with one attached hydrogen (secondary N) is 4. The Bertz CT molecular complexity index is 1630. The number of alkyl carbamates (subject to hydrolysis) is 1. The molecule has 4 rings (SSSR count). The maximum atomic E-state index is 14.0. The number of likely N-dealkylation sites (tertiary alicyclic amines) is 1. The molecule has 4 N–H and O–H groups in total. The highest BCUT2D eigenvalue weighted by Crippen LogP contribution is 2.30. The minimum Gasteiger partial charge on any atom is -0.467 e. The number of carbonyl (C=O) groups excluding carboxylic acids is 6. The number of ether oxygens (including phenoxy) is 2. The number of amides is 5. The standard InChI is InChI=1S/C38H55N7O8/c1-36(2,3)53-35(51)41-27(22-26-23-39-24-44(26)6)31(47)45-20-14-17-29(45)30(46)42-37(4,5)33(49)43-38(18-12-9-13-19-38)34(50)40-28(32(48)52-7)21-25-15-10-8-11-16-25/h8,10-11,15-16,23-24,27-29H,9,12-14,17-22H2,1-7H3,(H,40,50)(H,41,51)(H,42,46)(H,43,49)/t27-,28-,29+/m0/s1. The second-order valence-electron chi connectivity index (χ2n) is 15.5. The first-order valence-electron chi connectivity index (χ1n) is 18.3. The minimum atomic E-state index is -1.49. The number of hydrogen-bond donors (Lipinski definition) is 4. The molecule has 15 nitrogen and oxygen atoms in total. The molecule has 2 heterocycles. The molecule has 1 aromatic heterocycles. The van der Waals surface area contributed by atoms with Crippen molar-refractivity contribution < 1.29 is 38.2 Å². The highest BCUT2D eigenvalue weighted by Gasteiger charge is 2.46. The van der Waals surface area contributed by atoms with Crippen LogP contribution < -0.4 is 21.3 Å². The Kier molecular flexibility index (Phi) is 13.3. The summed E-state index contributed by atoms with van der Waals surface area (Å²) in [5.74, 6) is -2.69. The van der Waals surface area contributed by atoms with Crippen LogP contribution in [0.4, 0.5) is 4.79 Å². The van der Waals surface area contributed by atoms with Crippen LogP contribution >= 0.6 is 0 Å². The average molecular weight is 738 g/mol. The largest absolute Gasteiger partial charge is 0.467 e. The van der Waals surface area contributed by atoms with Crippen LogP contribution in [0.5, 0.6) is 0 Å². The van der Waals surface area contributed by atoms with E-state index in [0.717, 1.165) is 12.0 Å². The number of rotatable bonds is 13. The maximum Gasteiger partial charge on any atom is 0.408 e. The van der Waals surface area contributed by atoms with Crippen molar-refractivity contribution in [3.8, 4) is 0 Å². The zero-order valence-corrected chi connectivity index (χ0v) is 32.0. The van der Waals surface area contributed by atoms with Gasteiger partial charge in [0.1, 0.15) is 34.8 Å². The van der Waals surface area contributed by atoms with Gasteiger partial charge >= 0.3 is 12.1 Å². The van der Waals surface area contributed by atoms with Gasteiger partial charge in [-0.1, -0.05) is 49.6 Å². The lowest BCUT2D eigenvalue weighted by Crippen LogP contribution is -2.67. The molecule has 1 aromatic carbocycles. The van der Waals surface area contributed by atoms with E-state index in [4.69, 9.17) is 9.47 Å². The summed E-state index contributed by atoms with van der Waals surface area (Å²) < 4.78 is 12.2. The number of nitrogens with zero attached hydrogens (tertiary/aromatic N) is 3. The molecule has 290 valence electrons. The molecule has 0 radical (unpaired) electrons. The summed E-state index contributed by atoms with van der Waals surface area (Å²) in [5.41, 5.74) is -2.09. The molecule has 1 saturated heterocycles. The molecule has 2 aliphatic rings. The summed E-state index contributed by atoms with van der Waals surface area (Å²) in [6.07, 6.45) is 6.56. The minimum absolute atomic E-state index is 0.111. The highest BCUT2D eigenvalue weighted by molar-refractivity contribution is 5.99. The van der Waals surface area contributed by atoms with Crippen molar-refractivity contribution in [3.05, 3.63) is 54.1 Å². The third-order valence-corrected chi connectivity index (χ3v) is 9.73. The predicted octanol–water partition coefficient (Wildman–Crippen LogP) is 2.46. The second kappa shape index (κ2) is 17.3. The van der Waals surface area contributed by atoms with Gasteiger partial charge < -0.3 is 40.2 Å². The lowest BCUT2D eigenvalue weighted by Gasteiger charge is -2.40. The van der Waals surface area contributed by atoms with Crippen LogP contribution in [-0.4, -0.2) is 98.6 Å². The van der Waals surface area contributed by atoms with Crippen molar-refractivity contribution in [2.45, 2.75) is 127 Å². The van der Waals surface area contributed by atoms with E-state index >= 15 is 0 Å². The molecule has 53 heavy (non-hydrogen) atoms. The molecule has 1 saturated carbocycles. The number of aryl methyl sites for hydroxylation is 1. The van der Waals surface area contributed by atoms with Crippen LogP contribution in [-0.2, 0) is 53.3 Å². The number of benzene rings is 1. The molecular weight excluding hydrogens is 682 g/mol. The van der Waals surface area contributed by atoms with Crippen LogP contribution in [0.1, 0.15) is 90.8 Å². The summed E-state index contributed by atoms with van der Waals surface area (Å²) in [7, 11) is 3.03. The smallest absolute Gasteiger partial charge is 0.408 e. The van der Waals surface area contributed by atoms with E-state index in [-0.39, 0.29) is 19.4 Å². The molecule has 0 unspecified atom stereocenters. The fraction of sp³-hybridized carbons (Fsp3) is 0.605. The van der Waals surface area contributed by atoms with Crippen LogP contribution in [0.15, 0.2) is 42.9 Å². The molecule has 1 aliphatic carbocycles. The van der Waals surface area contributed by atoms with Gasteiger partial charge in [-0.2, -0.15) is 0 Å². The second-order valence-corrected chi connectivity index (χ2v) is 15.5. The monoisotopic (exact) mass is 737 g/mol. The van der Waals surface area contributed by atoms with Crippen molar-refractivity contribution in [2.75, 3.05) is 13.7 Å². The van der Waals surface area contributed by atoms with E-state index in [2.05, 4.69) is 26.3 Å². The van der Waals surface area contributed by atoms with Crippen molar-refractivity contribution in [3.63, 3.8) is 0 Å². The van der Waals surface area contributed by atoms with Gasteiger partial charge in [0.25, 0.3) is 0 Å². The van der Waals surface area contributed by atoms with Crippen LogP contribution in [0.2, 0.25) is 0 Å². The Hall–Kier alpha value is -4.95. The molecule has 3 atom stereocenters. The molecule has 2 fully saturated rings. The van der Waals surface area contributed by atoms with Gasteiger partial charge in [0.15, 0.2) is 0 Å². The fourth-order valence-electron chi connectivity index (χ4n) is 6.81. The normalized spacial score (nSPS) is 18.2. The fourth-order valence-corrected chi connectivity index (χ4v) is 6.81. The third-order valence-electron chi connectivity index (χ3n) is 9.73.